The lowest BCUT2D eigenvalue weighted by Gasteiger charge is -2.21. The van der Waals surface area contributed by atoms with Gasteiger partial charge in [0.25, 0.3) is 0 Å². The minimum atomic E-state index is -0.148. The molecule has 99 valence electrons. The van der Waals surface area contributed by atoms with Crippen molar-refractivity contribution in [2.75, 3.05) is 6.79 Å². The standard InChI is InChI=1S/C16H16FO2/c1-10(2)12-4-3-5-13(17)16(12)11-6-7-14-15(8-11)19-9-18-14/h4-8,10H,3,9H2,1-2H3. The topological polar surface area (TPSA) is 18.5 Å². The van der Waals surface area contributed by atoms with Gasteiger partial charge in [-0.25, -0.2) is 4.39 Å². The van der Waals surface area contributed by atoms with Crippen LogP contribution in [0.1, 0.15) is 25.8 Å². The van der Waals surface area contributed by atoms with Gasteiger partial charge in [-0.05, 0) is 42.5 Å². The summed E-state index contributed by atoms with van der Waals surface area (Å²) in [6, 6.07) is 5.58. The van der Waals surface area contributed by atoms with Gasteiger partial charge in [-0.1, -0.05) is 25.5 Å². The molecule has 0 fully saturated rings. The summed E-state index contributed by atoms with van der Waals surface area (Å²) >= 11 is 0. The number of halogens is 1. The molecule has 19 heavy (non-hydrogen) atoms. The van der Waals surface area contributed by atoms with Gasteiger partial charge < -0.3 is 9.47 Å². The van der Waals surface area contributed by atoms with E-state index in [2.05, 4.69) is 20.3 Å². The van der Waals surface area contributed by atoms with Gasteiger partial charge in [0, 0.05) is 5.57 Å². The van der Waals surface area contributed by atoms with Crippen LogP contribution in [0.5, 0.6) is 11.5 Å². The summed E-state index contributed by atoms with van der Waals surface area (Å²) in [6.07, 6.45) is 4.37. The molecule has 0 amide bonds. The lowest BCUT2D eigenvalue weighted by Crippen LogP contribution is -2.05. The zero-order valence-corrected chi connectivity index (χ0v) is 11.1. The Kier molecular flexibility index (Phi) is 3.05. The van der Waals surface area contributed by atoms with E-state index in [1.807, 2.05) is 18.2 Å². The highest BCUT2D eigenvalue weighted by Gasteiger charge is 2.22. The van der Waals surface area contributed by atoms with Gasteiger partial charge in [0.2, 0.25) is 6.79 Å². The highest BCUT2D eigenvalue weighted by Crippen LogP contribution is 2.41. The van der Waals surface area contributed by atoms with Crippen molar-refractivity contribution in [3.63, 3.8) is 0 Å². The maximum Gasteiger partial charge on any atom is 0.231 e. The second-order valence-electron chi connectivity index (χ2n) is 5.04. The van der Waals surface area contributed by atoms with Gasteiger partial charge >= 0.3 is 0 Å². The fourth-order valence-electron chi connectivity index (χ4n) is 2.51. The molecule has 3 heteroatoms. The zero-order valence-electron chi connectivity index (χ0n) is 11.1. The van der Waals surface area contributed by atoms with E-state index >= 15 is 0 Å². The van der Waals surface area contributed by atoms with Crippen LogP contribution in [0.15, 0.2) is 35.7 Å². The van der Waals surface area contributed by atoms with Crippen LogP contribution in [0.3, 0.4) is 0 Å². The molecule has 0 atom stereocenters. The Labute approximate surface area is 112 Å². The summed E-state index contributed by atoms with van der Waals surface area (Å²) in [4.78, 5) is 0. The van der Waals surface area contributed by atoms with Crippen LogP contribution in [0, 0.1) is 12.3 Å². The van der Waals surface area contributed by atoms with Crippen LogP contribution in [-0.4, -0.2) is 6.79 Å². The van der Waals surface area contributed by atoms with Crippen LogP contribution in [0.25, 0.3) is 5.57 Å². The SMILES string of the molecule is CC(C)C1=C(c2ccc3c(c2)OCO3)C(F)=CC[CH]1. The van der Waals surface area contributed by atoms with Gasteiger partial charge in [-0.15, -0.1) is 0 Å². The fourth-order valence-corrected chi connectivity index (χ4v) is 2.51. The van der Waals surface area contributed by atoms with Crippen LogP contribution in [-0.2, 0) is 0 Å². The number of allylic oxidation sites excluding steroid dienone is 4. The van der Waals surface area contributed by atoms with E-state index in [0.717, 1.165) is 16.9 Å². The summed E-state index contributed by atoms with van der Waals surface area (Å²) in [5.41, 5.74) is 2.58. The fraction of sp³-hybridized carbons (Fsp3) is 0.312. The Morgan fingerprint density at radius 1 is 1.16 bits per heavy atom. The number of fused-ring (bicyclic) bond motifs is 1. The summed E-state index contributed by atoms with van der Waals surface area (Å²) in [6.45, 7) is 4.40. The molecule has 0 saturated carbocycles. The van der Waals surface area contributed by atoms with E-state index in [1.165, 1.54) is 0 Å². The molecule has 0 aromatic heterocycles. The third-order valence-corrected chi connectivity index (χ3v) is 3.45. The molecule has 1 radical (unpaired) electrons. The van der Waals surface area contributed by atoms with E-state index in [-0.39, 0.29) is 12.6 Å². The highest BCUT2D eigenvalue weighted by molar-refractivity contribution is 5.83. The van der Waals surface area contributed by atoms with E-state index in [4.69, 9.17) is 9.47 Å². The zero-order chi connectivity index (χ0) is 13.4. The van der Waals surface area contributed by atoms with Crippen molar-refractivity contribution in [2.24, 2.45) is 5.92 Å². The van der Waals surface area contributed by atoms with Gasteiger partial charge in [0.1, 0.15) is 5.83 Å². The van der Waals surface area contributed by atoms with E-state index in [9.17, 15) is 4.39 Å². The predicted octanol–water partition coefficient (Wildman–Crippen LogP) is 4.29. The molecule has 3 rings (SSSR count). The third kappa shape index (κ3) is 2.14. The van der Waals surface area contributed by atoms with Crippen molar-refractivity contribution in [2.45, 2.75) is 20.3 Å². The third-order valence-electron chi connectivity index (χ3n) is 3.45. The Morgan fingerprint density at radius 3 is 2.74 bits per heavy atom. The maximum absolute atomic E-state index is 14.2. The quantitative estimate of drug-likeness (QED) is 0.789. The Hall–Kier alpha value is -1.77. The molecule has 2 nitrogen and oxygen atoms in total. The normalized spacial score (nSPS) is 18.0. The summed E-state index contributed by atoms with van der Waals surface area (Å²) in [7, 11) is 0. The summed E-state index contributed by atoms with van der Waals surface area (Å²) in [5.74, 6) is 1.55. The first kappa shape index (κ1) is 12.3. The molecular formula is C16H16FO2. The molecule has 2 aliphatic rings. The van der Waals surface area contributed by atoms with Crippen molar-refractivity contribution in [3.8, 4) is 11.5 Å². The molecular weight excluding hydrogens is 243 g/mol. The van der Waals surface area contributed by atoms with Crippen molar-refractivity contribution in [1.29, 1.82) is 0 Å². The molecule has 0 N–H and O–H groups in total. The van der Waals surface area contributed by atoms with Crippen molar-refractivity contribution >= 4 is 5.57 Å². The Balaban J connectivity index is 2.10. The maximum atomic E-state index is 14.2. The number of rotatable bonds is 2. The average Bonchev–Trinajstić information content (AvgIpc) is 2.85. The Bertz CT molecular complexity index is 570. The van der Waals surface area contributed by atoms with Crippen LogP contribution in [0.2, 0.25) is 0 Å². The first-order valence-corrected chi connectivity index (χ1v) is 6.50. The van der Waals surface area contributed by atoms with E-state index < -0.39 is 0 Å². The first-order chi connectivity index (χ1) is 9.16. The molecule has 0 bridgehead atoms. The van der Waals surface area contributed by atoms with Crippen molar-refractivity contribution in [3.05, 3.63) is 47.7 Å². The van der Waals surface area contributed by atoms with E-state index in [0.29, 0.717) is 23.7 Å². The minimum Gasteiger partial charge on any atom is -0.454 e. The minimum absolute atomic E-state index is 0.148. The van der Waals surface area contributed by atoms with Gasteiger partial charge in [-0.3, -0.25) is 0 Å². The van der Waals surface area contributed by atoms with Gasteiger partial charge in [0.15, 0.2) is 11.5 Å². The molecule has 1 aliphatic heterocycles. The Morgan fingerprint density at radius 2 is 1.95 bits per heavy atom. The van der Waals surface area contributed by atoms with Gasteiger partial charge in [-0.2, -0.15) is 0 Å². The summed E-state index contributed by atoms with van der Waals surface area (Å²) in [5, 5.41) is 0. The number of benzene rings is 1. The van der Waals surface area contributed by atoms with Crippen molar-refractivity contribution in [1.82, 2.24) is 0 Å². The second-order valence-corrected chi connectivity index (χ2v) is 5.04. The lowest BCUT2D eigenvalue weighted by molar-refractivity contribution is 0.174. The predicted molar refractivity (Wildman–Crippen MR) is 72.4 cm³/mol. The summed E-state index contributed by atoms with van der Waals surface area (Å²) < 4.78 is 24.9. The van der Waals surface area contributed by atoms with Crippen LogP contribution in [0.4, 0.5) is 4.39 Å². The molecule has 0 unspecified atom stereocenters. The first-order valence-electron chi connectivity index (χ1n) is 6.50. The van der Waals surface area contributed by atoms with Crippen molar-refractivity contribution < 1.29 is 13.9 Å². The average molecular weight is 259 g/mol. The van der Waals surface area contributed by atoms with Crippen LogP contribution < -0.4 is 9.47 Å². The second kappa shape index (κ2) is 4.72. The lowest BCUT2D eigenvalue weighted by atomic mass is 9.85. The molecule has 1 heterocycles. The number of ether oxygens (including phenoxy) is 2. The smallest absolute Gasteiger partial charge is 0.231 e. The molecule has 0 spiro atoms. The van der Waals surface area contributed by atoms with Crippen LogP contribution >= 0.6 is 0 Å². The monoisotopic (exact) mass is 259 g/mol. The van der Waals surface area contributed by atoms with Gasteiger partial charge in [0.05, 0.1) is 0 Å². The molecule has 1 aromatic carbocycles. The highest BCUT2D eigenvalue weighted by atomic mass is 19.1. The molecule has 1 aliphatic carbocycles. The largest absolute Gasteiger partial charge is 0.454 e. The molecule has 0 saturated heterocycles. The number of hydrogen-bond acceptors (Lipinski definition) is 2. The van der Waals surface area contributed by atoms with E-state index in [1.54, 1.807) is 6.08 Å². The number of hydrogen-bond donors (Lipinski definition) is 0. The molecule has 1 aromatic rings.